The molecule has 2 aliphatic rings. The molecule has 0 radical (unpaired) electrons. The van der Waals surface area contributed by atoms with E-state index in [1.165, 1.54) is 20.9 Å². The van der Waals surface area contributed by atoms with Crippen molar-refractivity contribution in [3.05, 3.63) is 74.7 Å². The van der Waals surface area contributed by atoms with E-state index in [-0.39, 0.29) is 23.9 Å². The van der Waals surface area contributed by atoms with E-state index in [0.717, 1.165) is 6.54 Å². The van der Waals surface area contributed by atoms with Crippen LogP contribution in [0.1, 0.15) is 47.5 Å². The molecule has 2 aliphatic heterocycles. The molecule has 4 heterocycles. The smallest absolute Gasteiger partial charge is 0.325 e. The molecular formula is C24H25ClN6O2S. The molecule has 1 aromatic carbocycles. The van der Waals surface area contributed by atoms with Gasteiger partial charge in [0.1, 0.15) is 5.54 Å². The highest BCUT2D eigenvalue weighted by Gasteiger charge is 2.45. The molecule has 0 spiro atoms. The summed E-state index contributed by atoms with van der Waals surface area (Å²) in [6.45, 7) is 4.95. The number of fused-ring (bicyclic) bond motifs is 1. The van der Waals surface area contributed by atoms with Gasteiger partial charge < -0.3 is 15.5 Å². The SMILES string of the molecule is CC1(C)C(=O)NC(=O)N1CCNc1ncc(Cl)c(C2NCC(c3ccccc3)c3sccc32)n1. The van der Waals surface area contributed by atoms with Crippen LogP contribution in [0, 0.1) is 0 Å². The summed E-state index contributed by atoms with van der Waals surface area (Å²) in [6.07, 6.45) is 1.60. The molecule has 8 nitrogen and oxygen atoms in total. The van der Waals surface area contributed by atoms with Crippen molar-refractivity contribution in [1.82, 2.24) is 25.5 Å². The Kier molecular flexibility index (Phi) is 6.01. The molecule has 0 aliphatic carbocycles. The average molecular weight is 497 g/mol. The molecule has 2 aromatic heterocycles. The predicted molar refractivity (Wildman–Crippen MR) is 132 cm³/mol. The van der Waals surface area contributed by atoms with Crippen LogP contribution in [0.15, 0.2) is 48.0 Å². The maximum absolute atomic E-state index is 12.1. The fourth-order valence-corrected chi connectivity index (χ4v) is 5.78. The molecule has 3 amide bonds. The zero-order chi connectivity index (χ0) is 23.9. The molecule has 1 fully saturated rings. The largest absolute Gasteiger partial charge is 0.352 e. The Labute approximate surface area is 206 Å². The summed E-state index contributed by atoms with van der Waals surface area (Å²) in [5, 5.41) is 11.7. The van der Waals surface area contributed by atoms with E-state index in [2.05, 4.69) is 56.6 Å². The zero-order valence-corrected chi connectivity index (χ0v) is 20.4. The highest BCUT2D eigenvalue weighted by Crippen LogP contribution is 2.41. The van der Waals surface area contributed by atoms with Crippen LogP contribution in [0.5, 0.6) is 0 Å². The highest BCUT2D eigenvalue weighted by molar-refractivity contribution is 7.10. The van der Waals surface area contributed by atoms with Crippen LogP contribution in [0.3, 0.4) is 0 Å². The molecule has 0 saturated carbocycles. The van der Waals surface area contributed by atoms with E-state index in [0.29, 0.717) is 29.8 Å². The molecule has 1 saturated heterocycles. The molecule has 176 valence electrons. The molecule has 2 atom stereocenters. The highest BCUT2D eigenvalue weighted by atomic mass is 35.5. The van der Waals surface area contributed by atoms with Crippen molar-refractivity contribution in [1.29, 1.82) is 0 Å². The number of urea groups is 1. The van der Waals surface area contributed by atoms with Crippen molar-refractivity contribution >= 4 is 40.8 Å². The molecule has 3 N–H and O–H groups in total. The second-order valence-corrected chi connectivity index (χ2v) is 10.2. The number of thiophene rings is 1. The molecule has 10 heteroatoms. The van der Waals surface area contributed by atoms with Gasteiger partial charge in [0.25, 0.3) is 5.91 Å². The number of amides is 3. The van der Waals surface area contributed by atoms with Gasteiger partial charge in [-0.1, -0.05) is 41.9 Å². The summed E-state index contributed by atoms with van der Waals surface area (Å²) < 4.78 is 0. The van der Waals surface area contributed by atoms with Crippen molar-refractivity contribution in [3.8, 4) is 0 Å². The third kappa shape index (κ3) is 4.04. The third-order valence-corrected chi connectivity index (χ3v) is 7.78. The van der Waals surface area contributed by atoms with Crippen LogP contribution >= 0.6 is 22.9 Å². The minimum atomic E-state index is -0.887. The number of carbonyl (C=O) groups excluding carboxylic acids is 2. The molecular weight excluding hydrogens is 472 g/mol. The Morgan fingerprint density at radius 3 is 2.76 bits per heavy atom. The van der Waals surface area contributed by atoms with Gasteiger partial charge in [0.2, 0.25) is 5.95 Å². The number of nitrogens with one attached hydrogen (secondary N) is 3. The summed E-state index contributed by atoms with van der Waals surface area (Å²) >= 11 is 8.29. The fourth-order valence-electron chi connectivity index (χ4n) is 4.51. The standard InChI is InChI=1S/C24H25ClN6O2S/c1-24(2)21(32)30-23(33)31(24)10-9-26-22-28-13-17(25)19(29-22)18-15-8-11-34-20(15)16(12-27-18)14-6-4-3-5-7-14/h3-8,11,13,16,18,27H,9-10,12H2,1-2H3,(H,26,28,29)(H,30,32,33). The van der Waals surface area contributed by atoms with Crippen LogP contribution in [0.2, 0.25) is 5.02 Å². The van der Waals surface area contributed by atoms with E-state index in [1.54, 1.807) is 31.4 Å². The lowest BCUT2D eigenvalue weighted by Crippen LogP contribution is -2.46. The first-order valence-corrected chi connectivity index (χ1v) is 12.4. The summed E-state index contributed by atoms with van der Waals surface area (Å²) in [6, 6.07) is 12.1. The van der Waals surface area contributed by atoms with Gasteiger partial charge in [0.15, 0.2) is 0 Å². The quantitative estimate of drug-likeness (QED) is 0.449. The molecule has 5 rings (SSSR count). The van der Waals surface area contributed by atoms with Crippen LogP contribution in [-0.2, 0) is 4.79 Å². The minimum absolute atomic E-state index is 0.141. The van der Waals surface area contributed by atoms with E-state index in [1.807, 2.05) is 6.07 Å². The number of aromatic nitrogens is 2. The summed E-state index contributed by atoms with van der Waals surface area (Å²) in [5.74, 6) is 0.404. The number of hydrogen-bond donors (Lipinski definition) is 3. The lowest BCUT2D eigenvalue weighted by atomic mass is 9.88. The number of benzene rings is 1. The van der Waals surface area contributed by atoms with E-state index < -0.39 is 5.54 Å². The molecule has 0 bridgehead atoms. The molecule has 2 unspecified atom stereocenters. The first-order chi connectivity index (χ1) is 16.4. The van der Waals surface area contributed by atoms with Gasteiger partial charge >= 0.3 is 6.03 Å². The van der Waals surface area contributed by atoms with Crippen molar-refractivity contribution in [2.75, 3.05) is 25.0 Å². The van der Waals surface area contributed by atoms with Gasteiger partial charge in [-0.2, -0.15) is 0 Å². The van der Waals surface area contributed by atoms with Gasteiger partial charge in [-0.25, -0.2) is 14.8 Å². The second kappa shape index (κ2) is 8.98. The summed E-state index contributed by atoms with van der Waals surface area (Å²) in [7, 11) is 0. The van der Waals surface area contributed by atoms with Crippen LogP contribution < -0.4 is 16.0 Å². The van der Waals surface area contributed by atoms with Gasteiger partial charge in [-0.15, -0.1) is 11.3 Å². The maximum Gasteiger partial charge on any atom is 0.325 e. The van der Waals surface area contributed by atoms with E-state index in [4.69, 9.17) is 16.6 Å². The normalized spacial score (nSPS) is 21.3. The lowest BCUT2D eigenvalue weighted by Gasteiger charge is -2.31. The number of hydrogen-bond acceptors (Lipinski definition) is 7. The van der Waals surface area contributed by atoms with Crippen molar-refractivity contribution in [2.45, 2.75) is 31.3 Å². The number of carbonyl (C=O) groups is 2. The monoisotopic (exact) mass is 496 g/mol. The third-order valence-electron chi connectivity index (χ3n) is 6.44. The Balaban J connectivity index is 1.33. The Bertz CT molecular complexity index is 1230. The fraction of sp³-hybridized carbons (Fsp3) is 0.333. The number of imide groups is 1. The van der Waals surface area contributed by atoms with Gasteiger partial charge in [-0.3, -0.25) is 10.1 Å². The number of nitrogens with zero attached hydrogens (tertiary/aromatic N) is 3. The van der Waals surface area contributed by atoms with Gasteiger partial charge in [0, 0.05) is 30.4 Å². The van der Waals surface area contributed by atoms with Crippen LogP contribution in [0.25, 0.3) is 0 Å². The summed E-state index contributed by atoms with van der Waals surface area (Å²) in [5.41, 5.74) is 2.27. The van der Waals surface area contributed by atoms with E-state index in [9.17, 15) is 9.59 Å². The van der Waals surface area contributed by atoms with Crippen molar-refractivity contribution < 1.29 is 9.59 Å². The van der Waals surface area contributed by atoms with Crippen LogP contribution in [0.4, 0.5) is 10.7 Å². The van der Waals surface area contributed by atoms with Crippen LogP contribution in [-0.4, -0.2) is 52.0 Å². The maximum atomic E-state index is 12.1. The molecule has 34 heavy (non-hydrogen) atoms. The molecule has 3 aromatic rings. The Morgan fingerprint density at radius 2 is 2.03 bits per heavy atom. The number of rotatable bonds is 6. The number of anilines is 1. The zero-order valence-electron chi connectivity index (χ0n) is 18.8. The first-order valence-electron chi connectivity index (χ1n) is 11.1. The summed E-state index contributed by atoms with van der Waals surface area (Å²) in [4.78, 5) is 35.9. The van der Waals surface area contributed by atoms with Crippen molar-refractivity contribution in [3.63, 3.8) is 0 Å². The first kappa shape index (κ1) is 22.8. The minimum Gasteiger partial charge on any atom is -0.352 e. The Morgan fingerprint density at radius 1 is 1.24 bits per heavy atom. The van der Waals surface area contributed by atoms with Gasteiger partial charge in [-0.05, 0) is 36.4 Å². The number of halogens is 1. The average Bonchev–Trinajstić information content (AvgIpc) is 3.39. The van der Waals surface area contributed by atoms with Crippen molar-refractivity contribution in [2.24, 2.45) is 0 Å². The second-order valence-electron chi connectivity index (χ2n) is 8.87. The predicted octanol–water partition coefficient (Wildman–Crippen LogP) is 3.76. The van der Waals surface area contributed by atoms with Gasteiger partial charge in [0.05, 0.1) is 23.0 Å². The lowest BCUT2D eigenvalue weighted by molar-refractivity contribution is -0.125. The topological polar surface area (TPSA) is 99.3 Å². The van der Waals surface area contributed by atoms with E-state index >= 15 is 0 Å². The Hall–Kier alpha value is -3.01.